The summed E-state index contributed by atoms with van der Waals surface area (Å²) in [7, 11) is 3.00. The molecule has 0 aromatic heterocycles. The molecule has 1 saturated heterocycles. The van der Waals surface area contributed by atoms with Crippen molar-refractivity contribution in [3.8, 4) is 11.5 Å². The number of hydrogen-bond acceptors (Lipinski definition) is 6. The molecule has 0 spiro atoms. The Morgan fingerprint density at radius 2 is 1.81 bits per heavy atom. The number of benzene rings is 2. The first-order valence-electron chi connectivity index (χ1n) is 9.76. The van der Waals surface area contributed by atoms with Gasteiger partial charge >= 0.3 is 0 Å². The zero-order valence-electron chi connectivity index (χ0n) is 17.6. The summed E-state index contributed by atoms with van der Waals surface area (Å²) in [6.07, 6.45) is 0. The largest absolute Gasteiger partial charge is 0.507 e. The first kappa shape index (κ1) is 22.3. The van der Waals surface area contributed by atoms with Crippen LogP contribution in [-0.2, 0) is 14.3 Å². The molecule has 1 amide bonds. The van der Waals surface area contributed by atoms with Gasteiger partial charge in [-0.1, -0.05) is 6.07 Å². The van der Waals surface area contributed by atoms with E-state index in [0.29, 0.717) is 23.7 Å². The van der Waals surface area contributed by atoms with Crippen LogP contribution >= 0.6 is 0 Å². The number of carbonyl (C=O) groups excluding carboxylic acids is 2. The zero-order valence-corrected chi connectivity index (χ0v) is 17.6. The predicted octanol–water partition coefficient (Wildman–Crippen LogP) is 3.30. The fraction of sp³-hybridized carbons (Fsp3) is 0.304. The number of ketones is 1. The molecule has 1 N–H and O–H groups in total. The van der Waals surface area contributed by atoms with E-state index in [1.165, 1.54) is 43.4 Å². The lowest BCUT2D eigenvalue weighted by Crippen LogP contribution is -2.32. The van der Waals surface area contributed by atoms with Crippen LogP contribution in [0.2, 0.25) is 0 Å². The minimum Gasteiger partial charge on any atom is -0.507 e. The van der Waals surface area contributed by atoms with Gasteiger partial charge in [-0.15, -0.1) is 0 Å². The minimum absolute atomic E-state index is 0.0830. The fourth-order valence-corrected chi connectivity index (χ4v) is 3.54. The molecule has 2 aromatic carbocycles. The van der Waals surface area contributed by atoms with Crippen LogP contribution in [0.1, 0.15) is 24.1 Å². The van der Waals surface area contributed by atoms with Gasteiger partial charge in [-0.3, -0.25) is 9.59 Å². The van der Waals surface area contributed by atoms with Gasteiger partial charge in [0.15, 0.2) is 11.5 Å². The number of likely N-dealkylation sites (tertiary alicyclic amines) is 1. The van der Waals surface area contributed by atoms with Gasteiger partial charge < -0.3 is 24.2 Å². The van der Waals surface area contributed by atoms with Crippen molar-refractivity contribution < 1.29 is 33.3 Å². The number of aliphatic hydroxyl groups is 1. The summed E-state index contributed by atoms with van der Waals surface area (Å²) in [6.45, 7) is 2.56. The topological polar surface area (TPSA) is 85.3 Å². The number of carbonyl (C=O) groups is 2. The summed E-state index contributed by atoms with van der Waals surface area (Å²) >= 11 is 0. The first-order valence-corrected chi connectivity index (χ1v) is 9.76. The normalized spacial score (nSPS) is 17.8. The van der Waals surface area contributed by atoms with Crippen LogP contribution in [0.5, 0.6) is 11.5 Å². The Balaban J connectivity index is 2.18. The quantitative estimate of drug-likeness (QED) is 0.394. The summed E-state index contributed by atoms with van der Waals surface area (Å²) in [5, 5.41) is 10.9. The van der Waals surface area contributed by atoms with Crippen molar-refractivity contribution in [2.75, 3.05) is 34.0 Å². The first-order chi connectivity index (χ1) is 14.9. The van der Waals surface area contributed by atoms with E-state index in [2.05, 4.69) is 0 Å². The molecule has 1 aliphatic heterocycles. The maximum Gasteiger partial charge on any atom is 0.295 e. The van der Waals surface area contributed by atoms with E-state index in [-0.39, 0.29) is 30.0 Å². The van der Waals surface area contributed by atoms with Gasteiger partial charge in [-0.2, -0.15) is 0 Å². The second-order valence-electron chi connectivity index (χ2n) is 6.84. The number of nitrogens with zero attached hydrogens (tertiary/aromatic N) is 1. The summed E-state index contributed by atoms with van der Waals surface area (Å²) in [5.74, 6) is -1.49. The van der Waals surface area contributed by atoms with Crippen molar-refractivity contribution in [2.24, 2.45) is 0 Å². The van der Waals surface area contributed by atoms with Crippen LogP contribution in [0.4, 0.5) is 4.39 Å². The highest BCUT2D eigenvalue weighted by atomic mass is 19.1. The fourth-order valence-electron chi connectivity index (χ4n) is 3.54. The summed E-state index contributed by atoms with van der Waals surface area (Å²) in [6, 6.07) is 9.23. The molecule has 0 aliphatic carbocycles. The van der Waals surface area contributed by atoms with E-state index < -0.39 is 23.5 Å². The van der Waals surface area contributed by atoms with Crippen LogP contribution in [0, 0.1) is 5.82 Å². The molecule has 0 saturated carbocycles. The van der Waals surface area contributed by atoms with Crippen molar-refractivity contribution >= 4 is 17.4 Å². The van der Waals surface area contributed by atoms with Crippen molar-refractivity contribution in [1.82, 2.24) is 4.90 Å². The third kappa shape index (κ3) is 4.39. The average Bonchev–Trinajstić information content (AvgIpc) is 3.02. The Labute approximate surface area is 179 Å². The molecule has 0 radical (unpaired) electrons. The molecule has 7 nitrogen and oxygen atoms in total. The smallest absolute Gasteiger partial charge is 0.295 e. The Morgan fingerprint density at radius 3 is 2.42 bits per heavy atom. The molecule has 1 aliphatic rings. The van der Waals surface area contributed by atoms with Gasteiger partial charge in [0.2, 0.25) is 0 Å². The van der Waals surface area contributed by atoms with E-state index in [0.717, 1.165) is 0 Å². The Hall–Kier alpha value is -3.39. The summed E-state index contributed by atoms with van der Waals surface area (Å²) in [5.41, 5.74) is 0.707. The number of hydrogen-bond donors (Lipinski definition) is 1. The number of aliphatic hydroxyl groups excluding tert-OH is 1. The molecule has 31 heavy (non-hydrogen) atoms. The minimum atomic E-state index is -0.870. The van der Waals surface area contributed by atoms with Crippen LogP contribution in [0.15, 0.2) is 48.0 Å². The number of amides is 1. The molecule has 1 heterocycles. The van der Waals surface area contributed by atoms with Crippen LogP contribution < -0.4 is 9.47 Å². The lowest BCUT2D eigenvalue weighted by atomic mass is 9.95. The standard InChI is InChI=1S/C23H24FNO6/c1-4-31-18-13-15(7-10-17(18)30-3)20-19(21(26)14-5-8-16(24)9-6-14)22(27)23(28)25(20)11-12-29-2/h5-10,13,20,26H,4,11-12H2,1-3H3/b21-19-. The van der Waals surface area contributed by atoms with Gasteiger partial charge in [-0.05, 0) is 48.9 Å². The molecule has 0 bridgehead atoms. The molecular weight excluding hydrogens is 405 g/mol. The van der Waals surface area contributed by atoms with E-state index in [4.69, 9.17) is 14.2 Å². The van der Waals surface area contributed by atoms with Gasteiger partial charge in [0.25, 0.3) is 11.7 Å². The number of halogens is 1. The highest BCUT2D eigenvalue weighted by molar-refractivity contribution is 6.46. The van der Waals surface area contributed by atoms with Crippen molar-refractivity contribution in [2.45, 2.75) is 13.0 Å². The maximum atomic E-state index is 13.3. The molecule has 3 rings (SSSR count). The third-order valence-corrected chi connectivity index (χ3v) is 5.00. The van der Waals surface area contributed by atoms with E-state index in [1.807, 2.05) is 6.92 Å². The summed E-state index contributed by atoms with van der Waals surface area (Å²) in [4.78, 5) is 27.0. The zero-order chi connectivity index (χ0) is 22.5. The number of rotatable bonds is 8. The Kier molecular flexibility index (Phi) is 6.91. The Bertz CT molecular complexity index is 1000. The highest BCUT2D eigenvalue weighted by Crippen LogP contribution is 2.41. The molecular formula is C23H24FNO6. The second-order valence-corrected chi connectivity index (χ2v) is 6.84. The number of Topliss-reactive ketones (excluding diaryl/α,β-unsaturated/α-hetero) is 1. The molecule has 164 valence electrons. The molecule has 1 atom stereocenters. The average molecular weight is 429 g/mol. The van der Waals surface area contributed by atoms with Gasteiger partial charge in [0, 0.05) is 19.2 Å². The van der Waals surface area contributed by atoms with Crippen LogP contribution in [-0.4, -0.2) is 55.7 Å². The number of methoxy groups -OCH3 is 2. The molecule has 1 fully saturated rings. The second kappa shape index (κ2) is 9.61. The molecule has 1 unspecified atom stereocenters. The van der Waals surface area contributed by atoms with E-state index in [1.54, 1.807) is 18.2 Å². The SMILES string of the molecule is CCOc1cc(C2/C(=C(/O)c3ccc(F)cc3)C(=O)C(=O)N2CCOC)ccc1OC. The lowest BCUT2D eigenvalue weighted by molar-refractivity contribution is -0.140. The van der Waals surface area contributed by atoms with Crippen molar-refractivity contribution in [3.63, 3.8) is 0 Å². The van der Waals surface area contributed by atoms with E-state index >= 15 is 0 Å². The predicted molar refractivity (Wildman–Crippen MR) is 111 cm³/mol. The van der Waals surface area contributed by atoms with Crippen LogP contribution in [0.25, 0.3) is 5.76 Å². The van der Waals surface area contributed by atoms with Gasteiger partial charge in [0.1, 0.15) is 11.6 Å². The highest BCUT2D eigenvalue weighted by Gasteiger charge is 2.46. The Morgan fingerprint density at radius 1 is 1.10 bits per heavy atom. The lowest BCUT2D eigenvalue weighted by Gasteiger charge is -2.25. The van der Waals surface area contributed by atoms with Crippen molar-refractivity contribution in [1.29, 1.82) is 0 Å². The monoisotopic (exact) mass is 429 g/mol. The maximum absolute atomic E-state index is 13.3. The van der Waals surface area contributed by atoms with E-state index in [9.17, 15) is 19.1 Å². The van der Waals surface area contributed by atoms with Crippen LogP contribution in [0.3, 0.4) is 0 Å². The number of ether oxygens (including phenoxy) is 3. The third-order valence-electron chi connectivity index (χ3n) is 5.00. The molecule has 2 aromatic rings. The molecule has 8 heteroatoms. The van der Waals surface area contributed by atoms with Crippen molar-refractivity contribution in [3.05, 3.63) is 65.0 Å². The van der Waals surface area contributed by atoms with Gasteiger partial charge in [0.05, 0.1) is 31.9 Å². The van der Waals surface area contributed by atoms with Gasteiger partial charge in [-0.25, -0.2) is 4.39 Å². The summed E-state index contributed by atoms with van der Waals surface area (Å²) < 4.78 is 29.4.